The van der Waals surface area contributed by atoms with Crippen molar-refractivity contribution in [1.82, 2.24) is 53.2 Å². The van der Waals surface area contributed by atoms with Crippen LogP contribution in [0.1, 0.15) is 206 Å². The van der Waals surface area contributed by atoms with Gasteiger partial charge >= 0.3 is 11.9 Å². The van der Waals surface area contributed by atoms with Gasteiger partial charge < -0.3 is 78.3 Å². The summed E-state index contributed by atoms with van der Waals surface area (Å²) in [5.74, 6) is -14.8. The summed E-state index contributed by atoms with van der Waals surface area (Å²) in [7, 11) is 0. The van der Waals surface area contributed by atoms with Crippen LogP contribution >= 0.6 is 0 Å². The van der Waals surface area contributed by atoms with Crippen molar-refractivity contribution in [2.45, 2.75) is 278 Å². The van der Waals surface area contributed by atoms with E-state index >= 15 is 0 Å². The van der Waals surface area contributed by atoms with Crippen LogP contribution in [0.15, 0.2) is 12.7 Å². The largest absolute Gasteiger partial charge is 0.481 e. The lowest BCUT2D eigenvalue weighted by Crippen LogP contribution is -2.63. The maximum Gasteiger partial charge on any atom is 0.329 e. The predicted molar refractivity (Wildman–Crippen MR) is 345 cm³/mol. The molecule has 12 atom stereocenters. The van der Waals surface area contributed by atoms with Crippen LogP contribution in [0.3, 0.4) is 0 Å². The molecule has 0 aromatic carbocycles. The predicted octanol–water partition coefficient (Wildman–Crippen LogP) is 2.35. The Morgan fingerprint density at radius 1 is 0.511 bits per heavy atom. The van der Waals surface area contributed by atoms with Gasteiger partial charge in [-0.1, -0.05) is 141 Å². The third-order valence-corrected chi connectivity index (χ3v) is 15.5. The number of ether oxygens (including phenoxy) is 1. The van der Waals surface area contributed by atoms with Gasteiger partial charge in [0.1, 0.15) is 66.5 Å². The third kappa shape index (κ3) is 32.7. The second kappa shape index (κ2) is 44.0. The molecule has 0 aliphatic carbocycles. The molecule has 0 bridgehead atoms. The third-order valence-electron chi connectivity index (χ3n) is 15.5. The van der Waals surface area contributed by atoms with Crippen molar-refractivity contribution in [3.05, 3.63) is 12.7 Å². The summed E-state index contributed by atoms with van der Waals surface area (Å²) in [5, 5.41) is 66.9. The molecule has 1 saturated heterocycles. The maximum absolute atomic E-state index is 14.9. The van der Waals surface area contributed by atoms with E-state index < -0.39 is 182 Å². The first-order valence-corrected chi connectivity index (χ1v) is 33.1. The number of aliphatic hydroxyl groups is 3. The highest BCUT2D eigenvalue weighted by molar-refractivity contribution is 5.99. The van der Waals surface area contributed by atoms with Crippen LogP contribution in [0.25, 0.3) is 0 Å². The number of carboxylic acids is 1. The minimum Gasteiger partial charge on any atom is -0.481 e. The number of esters is 1. The van der Waals surface area contributed by atoms with Crippen molar-refractivity contribution in [3.8, 4) is 0 Å². The van der Waals surface area contributed by atoms with Crippen molar-refractivity contribution in [2.75, 3.05) is 13.2 Å². The number of carbonyl (C=O) groups is 12. The minimum atomic E-state index is -2.00. The number of carboxylic acid groups (broad SMARTS) is 1. The van der Waals surface area contributed by atoms with Crippen LogP contribution < -0.4 is 53.2 Å². The van der Waals surface area contributed by atoms with Crippen LogP contribution in [-0.4, -0.2) is 177 Å². The number of amides is 10. The Morgan fingerprint density at radius 2 is 0.924 bits per heavy atom. The van der Waals surface area contributed by atoms with Gasteiger partial charge in [0.15, 0.2) is 0 Å². The van der Waals surface area contributed by atoms with Gasteiger partial charge in [0, 0.05) is 6.42 Å². The molecule has 1 fully saturated rings. The second-order valence-corrected chi connectivity index (χ2v) is 26.8. The van der Waals surface area contributed by atoms with E-state index in [1.54, 1.807) is 55.4 Å². The molecule has 0 radical (unpaired) electrons. The molecule has 0 spiro atoms. The molecule has 0 aromatic heterocycles. The number of nitrogens with one attached hydrogen (secondary N) is 10. The second-order valence-electron chi connectivity index (χ2n) is 26.8. The van der Waals surface area contributed by atoms with Crippen molar-refractivity contribution >= 4 is 71.0 Å². The van der Waals surface area contributed by atoms with E-state index in [1.807, 2.05) is 6.08 Å². The van der Waals surface area contributed by atoms with Gasteiger partial charge in [0.05, 0.1) is 25.7 Å². The van der Waals surface area contributed by atoms with Crippen molar-refractivity contribution in [3.63, 3.8) is 0 Å². The van der Waals surface area contributed by atoms with E-state index in [0.29, 0.717) is 12.8 Å². The lowest BCUT2D eigenvalue weighted by molar-refractivity contribution is -0.157. The number of rotatable bonds is 34. The first kappa shape index (κ1) is 83.3. The number of carbonyl (C=O) groups excluding carboxylic acids is 11. The summed E-state index contributed by atoms with van der Waals surface area (Å²) < 4.78 is 5.83. The molecule has 14 N–H and O–H groups in total. The van der Waals surface area contributed by atoms with Crippen LogP contribution in [0.2, 0.25) is 0 Å². The lowest BCUT2D eigenvalue weighted by Gasteiger charge is -2.32. The van der Waals surface area contributed by atoms with Gasteiger partial charge in [-0.15, -0.1) is 6.58 Å². The van der Waals surface area contributed by atoms with Crippen LogP contribution in [0.5, 0.6) is 0 Å². The van der Waals surface area contributed by atoms with Crippen molar-refractivity contribution in [1.29, 1.82) is 0 Å². The highest BCUT2D eigenvalue weighted by atomic mass is 16.5. The van der Waals surface area contributed by atoms with Crippen LogP contribution in [-0.2, 0) is 62.3 Å². The zero-order chi connectivity index (χ0) is 69.9. The summed E-state index contributed by atoms with van der Waals surface area (Å²) in [4.78, 5) is 168. The number of allylic oxidation sites excluding steroid dienone is 1. The van der Waals surface area contributed by atoms with Crippen LogP contribution in [0, 0.1) is 35.5 Å². The van der Waals surface area contributed by atoms with Crippen molar-refractivity contribution in [2.24, 2.45) is 35.5 Å². The molecule has 27 heteroatoms. The number of aliphatic carboxylic acids is 1. The fourth-order valence-corrected chi connectivity index (χ4v) is 10.3. The maximum atomic E-state index is 14.9. The molecule has 526 valence electrons. The average Bonchev–Trinajstić information content (AvgIpc) is 0.992. The molecule has 1 aliphatic heterocycles. The van der Waals surface area contributed by atoms with Gasteiger partial charge in [-0.2, -0.15) is 0 Å². The lowest BCUT2D eigenvalue weighted by atomic mass is 9.98. The Hall–Kier alpha value is -6.74. The topological polar surface area (TPSA) is 415 Å². The van der Waals surface area contributed by atoms with Crippen molar-refractivity contribution < 1.29 is 82.7 Å². The Labute approximate surface area is 544 Å². The number of cyclic esters (lactones) is 1. The van der Waals surface area contributed by atoms with Gasteiger partial charge in [0.2, 0.25) is 59.1 Å². The molecule has 0 aromatic rings. The first-order chi connectivity index (χ1) is 43.1. The highest BCUT2D eigenvalue weighted by Gasteiger charge is 2.41. The van der Waals surface area contributed by atoms with E-state index in [1.165, 1.54) is 47.5 Å². The molecule has 12 unspecified atom stereocenters. The molecule has 1 rings (SSSR count). The summed E-state index contributed by atoms with van der Waals surface area (Å²) in [6, 6.07) is -15.7. The van der Waals surface area contributed by atoms with Gasteiger partial charge in [-0.3, -0.25) is 52.7 Å². The summed E-state index contributed by atoms with van der Waals surface area (Å²) in [6.45, 7) is 23.1. The smallest absolute Gasteiger partial charge is 0.329 e. The molecule has 27 nitrogen and oxygen atoms in total. The fourth-order valence-electron chi connectivity index (χ4n) is 10.3. The van der Waals surface area contributed by atoms with Crippen LogP contribution in [0.4, 0.5) is 0 Å². The normalized spacial score (nSPS) is 23.2. The Balaban J connectivity index is 3.92. The molecule has 1 heterocycles. The Kier molecular flexibility index (Phi) is 39.8. The standard InChI is InChI=1S/C65H114N10O17/c1-15-16-17-18-19-20-21-22-23-24-25-26-43(78)33-51(79)66-45(29-36(2)3)57(83)67-44(27-28-52(80)81)56(82)75-55-42(14)92-65(91)54(41(12)13)74-62(88)50(35-77)72-59(85)47(31-38(6)7)68-58(84)46(30-37(4)5)69-61(87)49(34-76)71-60(86)48(32-39(8)9)70-63(89)53(40(10)11)73-64(55)90/h15,36-50,53-55,76-78H,1,16-35H2,2-14H3,(H,66,79)(H,67,83)(H,68,84)(H,69,87)(H,70,89)(H,71,86)(H,72,85)(H,73,90)(H,74,88)(H,75,82)(H,80,81). The van der Waals surface area contributed by atoms with E-state index in [9.17, 15) is 78.0 Å². The number of aliphatic hydroxyl groups excluding tert-OH is 3. The Morgan fingerprint density at radius 3 is 1.35 bits per heavy atom. The van der Waals surface area contributed by atoms with E-state index in [0.717, 1.165) is 44.9 Å². The average molecular weight is 1310 g/mol. The number of hydrogen-bond donors (Lipinski definition) is 14. The van der Waals surface area contributed by atoms with E-state index in [2.05, 4.69) is 59.7 Å². The highest BCUT2D eigenvalue weighted by Crippen LogP contribution is 2.18. The zero-order valence-corrected chi connectivity index (χ0v) is 56.9. The van der Waals surface area contributed by atoms with Gasteiger partial charge in [-0.05, 0) is 93.8 Å². The van der Waals surface area contributed by atoms with Gasteiger partial charge in [0.25, 0.3) is 0 Å². The quantitative estimate of drug-likeness (QED) is 0.0250. The fraction of sp³-hybridized carbons (Fsp3) is 0.785. The molecular weight excluding hydrogens is 1190 g/mol. The van der Waals surface area contributed by atoms with E-state index in [-0.39, 0.29) is 55.8 Å². The molecular formula is C65H114N10O17. The first-order valence-electron chi connectivity index (χ1n) is 33.1. The van der Waals surface area contributed by atoms with E-state index in [4.69, 9.17) is 4.74 Å². The number of unbranched alkanes of at least 4 members (excludes halogenated alkanes) is 9. The van der Waals surface area contributed by atoms with Gasteiger partial charge in [-0.25, -0.2) is 4.79 Å². The molecule has 10 amide bonds. The molecule has 0 saturated carbocycles. The SMILES string of the molecule is C=CCCCCCCCCCCCC(O)CC(=O)NC(CC(C)C)C(=O)NC(CCC(=O)O)C(=O)NC1C(=O)NC(C(C)C)C(=O)NC(CC(C)C)C(=O)NC(CO)C(=O)NC(CC(C)C)C(=O)NC(CC(C)C)C(=O)NC(CO)C(=O)NC(C(C)C)C(=O)OC1C. The summed E-state index contributed by atoms with van der Waals surface area (Å²) in [5.41, 5.74) is 0. The molecule has 92 heavy (non-hydrogen) atoms. The minimum absolute atomic E-state index is 0.00655. The number of hydrogen-bond acceptors (Lipinski definition) is 16. The summed E-state index contributed by atoms with van der Waals surface area (Å²) >= 11 is 0. The Bertz CT molecular complexity index is 2390. The monoisotopic (exact) mass is 1310 g/mol. The zero-order valence-electron chi connectivity index (χ0n) is 56.9. The molecule has 1 aliphatic rings. The summed E-state index contributed by atoms with van der Waals surface area (Å²) in [6.07, 6.45) is 8.29.